The minimum atomic E-state index is 0.536. The Kier molecular flexibility index (Phi) is 2.10. The quantitative estimate of drug-likeness (QED) is 0.641. The third-order valence-corrected chi connectivity index (χ3v) is 2.00. The van der Waals surface area contributed by atoms with Gasteiger partial charge in [0.2, 0.25) is 5.65 Å². The van der Waals surface area contributed by atoms with Crippen LogP contribution in [0.4, 0.5) is 0 Å². The second-order valence-electron chi connectivity index (χ2n) is 2.16. The highest BCUT2D eigenvalue weighted by atomic mass is 32.2. The molecule has 0 aliphatic rings. The van der Waals surface area contributed by atoms with Crippen LogP contribution >= 0.6 is 11.9 Å². The molecule has 2 aromatic heterocycles. The summed E-state index contributed by atoms with van der Waals surface area (Å²) >= 11 is 1.34. The van der Waals surface area contributed by atoms with Crippen molar-refractivity contribution in [3.05, 3.63) is 12.5 Å². The van der Waals surface area contributed by atoms with Crippen molar-refractivity contribution in [3.63, 3.8) is 0 Å². The number of rotatable bonds is 2. The summed E-state index contributed by atoms with van der Waals surface area (Å²) < 4.78 is 1.46. The lowest BCUT2D eigenvalue weighted by Crippen LogP contribution is -1.92. The van der Waals surface area contributed by atoms with Crippen molar-refractivity contribution in [2.75, 3.05) is 5.75 Å². The van der Waals surface area contributed by atoms with E-state index in [0.717, 1.165) is 0 Å². The highest BCUT2D eigenvalue weighted by Gasteiger charge is 2.01. The molecule has 0 saturated heterocycles. The van der Waals surface area contributed by atoms with Crippen LogP contribution in [0, 0.1) is 12.3 Å². The molecule has 2 rings (SSSR count). The summed E-state index contributed by atoms with van der Waals surface area (Å²) in [4.78, 5) is 7.77. The third-order valence-electron chi connectivity index (χ3n) is 1.31. The number of fused-ring (bicyclic) bond motifs is 1. The van der Waals surface area contributed by atoms with Crippen molar-refractivity contribution in [3.8, 4) is 12.3 Å². The Bertz CT molecular complexity index is 424. The molecule has 64 valence electrons. The minimum absolute atomic E-state index is 0.536. The Morgan fingerprint density at radius 1 is 1.54 bits per heavy atom. The van der Waals surface area contributed by atoms with Crippen molar-refractivity contribution in [1.29, 1.82) is 0 Å². The van der Waals surface area contributed by atoms with Gasteiger partial charge in [0.25, 0.3) is 0 Å². The SMILES string of the molecule is C#CCSn1nc2cncnc2n1. The van der Waals surface area contributed by atoms with Gasteiger partial charge in [0.15, 0.2) is 5.52 Å². The molecule has 13 heavy (non-hydrogen) atoms. The molecule has 0 unspecified atom stereocenters. The van der Waals surface area contributed by atoms with Gasteiger partial charge in [-0.1, -0.05) is 5.92 Å². The Morgan fingerprint density at radius 2 is 2.46 bits per heavy atom. The average Bonchev–Trinajstić information content (AvgIpc) is 2.57. The molecule has 0 aromatic carbocycles. The lowest BCUT2D eigenvalue weighted by molar-refractivity contribution is 0.878. The van der Waals surface area contributed by atoms with E-state index in [1.165, 1.54) is 22.5 Å². The Balaban J connectivity index is 2.34. The second kappa shape index (κ2) is 3.41. The van der Waals surface area contributed by atoms with Gasteiger partial charge in [-0.2, -0.15) is 0 Å². The van der Waals surface area contributed by atoms with Crippen molar-refractivity contribution >= 4 is 23.1 Å². The van der Waals surface area contributed by atoms with Crippen molar-refractivity contribution in [2.24, 2.45) is 0 Å². The molecule has 0 spiro atoms. The fraction of sp³-hybridized carbons (Fsp3) is 0.143. The smallest absolute Gasteiger partial charge is 0.206 e. The summed E-state index contributed by atoms with van der Waals surface area (Å²) in [6, 6.07) is 0. The summed E-state index contributed by atoms with van der Waals surface area (Å²) in [5, 5.41) is 8.17. The molecule has 0 amide bonds. The van der Waals surface area contributed by atoms with Gasteiger partial charge in [-0.05, 0) is 0 Å². The molecule has 2 heterocycles. The second-order valence-corrected chi connectivity index (χ2v) is 3.04. The normalized spacial score (nSPS) is 10.1. The predicted molar refractivity (Wildman–Crippen MR) is 49.8 cm³/mol. The number of terminal acetylenes is 1. The first-order chi connectivity index (χ1) is 6.40. The molecule has 0 radical (unpaired) electrons. The van der Waals surface area contributed by atoms with Crippen LogP contribution < -0.4 is 0 Å². The molecule has 6 heteroatoms. The summed E-state index contributed by atoms with van der Waals surface area (Å²) in [5.74, 6) is 3.02. The number of hydrogen-bond acceptors (Lipinski definition) is 5. The Morgan fingerprint density at radius 3 is 3.23 bits per heavy atom. The molecule has 0 N–H and O–H groups in total. The van der Waals surface area contributed by atoms with Crippen LogP contribution in [0.15, 0.2) is 12.5 Å². The van der Waals surface area contributed by atoms with Crippen molar-refractivity contribution < 1.29 is 0 Å². The first-order valence-corrected chi connectivity index (χ1v) is 4.44. The highest BCUT2D eigenvalue weighted by Crippen LogP contribution is 2.07. The minimum Gasteiger partial charge on any atom is -0.242 e. The molecule has 0 aliphatic carbocycles. The Labute approximate surface area is 78.7 Å². The molecule has 0 saturated carbocycles. The van der Waals surface area contributed by atoms with Gasteiger partial charge in [0.05, 0.1) is 11.9 Å². The summed E-state index contributed by atoms with van der Waals surface area (Å²) in [5.41, 5.74) is 1.26. The zero-order valence-electron chi connectivity index (χ0n) is 6.58. The van der Waals surface area contributed by atoms with E-state index >= 15 is 0 Å². The lowest BCUT2D eigenvalue weighted by Gasteiger charge is -1.89. The van der Waals surface area contributed by atoms with E-state index in [9.17, 15) is 0 Å². The highest BCUT2D eigenvalue weighted by molar-refractivity contribution is 7.97. The van der Waals surface area contributed by atoms with Gasteiger partial charge in [0, 0.05) is 11.9 Å². The van der Waals surface area contributed by atoms with Gasteiger partial charge < -0.3 is 0 Å². The lowest BCUT2D eigenvalue weighted by atomic mass is 10.6. The molecule has 0 bridgehead atoms. The maximum absolute atomic E-state index is 5.10. The maximum atomic E-state index is 5.10. The molecule has 0 atom stereocenters. The Hall–Kier alpha value is -1.61. The van der Waals surface area contributed by atoms with E-state index in [1.54, 1.807) is 6.20 Å². The van der Waals surface area contributed by atoms with Gasteiger partial charge >= 0.3 is 0 Å². The summed E-state index contributed by atoms with van der Waals surface area (Å²) in [6.07, 6.45) is 8.15. The monoisotopic (exact) mass is 191 g/mol. The van der Waals surface area contributed by atoms with E-state index in [2.05, 4.69) is 26.1 Å². The van der Waals surface area contributed by atoms with E-state index in [4.69, 9.17) is 6.42 Å². The fourth-order valence-corrected chi connectivity index (χ4v) is 1.28. The van der Waals surface area contributed by atoms with Crippen LogP contribution in [-0.4, -0.2) is 30.1 Å². The van der Waals surface area contributed by atoms with E-state index < -0.39 is 0 Å². The third kappa shape index (κ3) is 1.60. The number of hydrogen-bond donors (Lipinski definition) is 0. The van der Waals surface area contributed by atoms with E-state index in [1.807, 2.05) is 0 Å². The number of aromatic nitrogens is 5. The van der Waals surface area contributed by atoms with Crippen molar-refractivity contribution in [2.45, 2.75) is 0 Å². The van der Waals surface area contributed by atoms with Gasteiger partial charge in [-0.25, -0.2) is 9.97 Å². The van der Waals surface area contributed by atoms with Gasteiger partial charge in [-0.3, -0.25) is 0 Å². The first-order valence-electron chi connectivity index (χ1n) is 3.50. The molecule has 5 nitrogen and oxygen atoms in total. The van der Waals surface area contributed by atoms with Crippen LogP contribution in [0.25, 0.3) is 11.2 Å². The topological polar surface area (TPSA) is 56.5 Å². The van der Waals surface area contributed by atoms with Crippen LogP contribution in [0.1, 0.15) is 0 Å². The molecular weight excluding hydrogens is 186 g/mol. The van der Waals surface area contributed by atoms with Crippen molar-refractivity contribution in [1.82, 2.24) is 24.4 Å². The largest absolute Gasteiger partial charge is 0.242 e. The molecule has 2 aromatic rings. The zero-order valence-corrected chi connectivity index (χ0v) is 7.40. The molecular formula is C7H5N5S. The average molecular weight is 191 g/mol. The standard InChI is InChI=1S/C7H5N5S/c1-2-3-13-12-10-6-4-8-5-9-7(6)11-12/h1,4-5H,3H2. The maximum Gasteiger partial charge on any atom is 0.206 e. The predicted octanol–water partition coefficient (Wildman–Crippen LogP) is 0.351. The van der Waals surface area contributed by atoms with E-state index in [0.29, 0.717) is 16.9 Å². The zero-order chi connectivity index (χ0) is 9.10. The fourth-order valence-electron chi connectivity index (χ4n) is 0.812. The molecule has 0 fully saturated rings. The summed E-state index contributed by atoms with van der Waals surface area (Å²) in [6.45, 7) is 0. The van der Waals surface area contributed by atoms with Gasteiger partial charge in [0.1, 0.15) is 6.33 Å². The van der Waals surface area contributed by atoms with Gasteiger partial charge in [-0.15, -0.1) is 20.8 Å². The van der Waals surface area contributed by atoms with Crippen LogP contribution in [0.2, 0.25) is 0 Å². The van der Waals surface area contributed by atoms with Crippen LogP contribution in [-0.2, 0) is 0 Å². The number of nitrogens with zero attached hydrogens (tertiary/aromatic N) is 5. The van der Waals surface area contributed by atoms with Crippen LogP contribution in [0.5, 0.6) is 0 Å². The van der Waals surface area contributed by atoms with E-state index in [-0.39, 0.29) is 0 Å². The summed E-state index contributed by atoms with van der Waals surface area (Å²) in [7, 11) is 0. The molecule has 0 aliphatic heterocycles. The van der Waals surface area contributed by atoms with Crippen LogP contribution in [0.3, 0.4) is 0 Å². The first kappa shape index (κ1) is 8.01.